The Hall–Kier alpha value is -2.28. The summed E-state index contributed by atoms with van der Waals surface area (Å²) in [6.07, 6.45) is 6.54. The second-order valence-corrected chi connectivity index (χ2v) is 5.10. The molecule has 1 heterocycles. The van der Waals surface area contributed by atoms with Crippen molar-refractivity contribution in [2.45, 2.75) is 18.9 Å². The largest absolute Gasteiger partial charge is 0.341 e. The Labute approximate surface area is 120 Å². The molecule has 0 spiro atoms. The smallest absolute Gasteiger partial charge is 0.0517 e. The minimum Gasteiger partial charge on any atom is -0.341 e. The molecule has 2 aromatic rings. The lowest BCUT2D eigenvalue weighted by Gasteiger charge is -2.34. The van der Waals surface area contributed by atoms with Crippen molar-refractivity contribution in [1.29, 1.82) is 0 Å². The molecule has 1 atom stereocenters. The molecule has 0 unspecified atom stereocenters. The molecule has 0 N–H and O–H groups in total. The third kappa shape index (κ3) is 2.53. The van der Waals surface area contributed by atoms with E-state index < -0.39 is 0 Å². The van der Waals surface area contributed by atoms with E-state index in [1.165, 1.54) is 16.8 Å². The minimum atomic E-state index is 0.380. The summed E-state index contributed by atoms with van der Waals surface area (Å²) in [6, 6.07) is 21.5. The van der Waals surface area contributed by atoms with Crippen LogP contribution in [0.25, 0.3) is 5.57 Å². The summed E-state index contributed by atoms with van der Waals surface area (Å²) in [6.45, 7) is 3.99. The number of rotatable bonds is 3. The molecule has 100 valence electrons. The van der Waals surface area contributed by atoms with Gasteiger partial charge in [-0.25, -0.2) is 0 Å². The molecule has 2 aromatic carbocycles. The van der Waals surface area contributed by atoms with Crippen LogP contribution in [0, 0.1) is 0 Å². The fourth-order valence-electron chi connectivity index (χ4n) is 2.74. The van der Waals surface area contributed by atoms with Crippen LogP contribution in [0.2, 0.25) is 0 Å². The Morgan fingerprint density at radius 2 is 1.60 bits per heavy atom. The van der Waals surface area contributed by atoms with Crippen LogP contribution in [0.5, 0.6) is 0 Å². The second kappa shape index (κ2) is 5.79. The van der Waals surface area contributed by atoms with Crippen molar-refractivity contribution in [3.63, 3.8) is 0 Å². The van der Waals surface area contributed by atoms with Crippen molar-refractivity contribution in [3.05, 3.63) is 85.1 Å². The zero-order valence-electron chi connectivity index (χ0n) is 11.6. The van der Waals surface area contributed by atoms with E-state index in [0.717, 1.165) is 12.8 Å². The molecule has 1 nitrogen and oxygen atoms in total. The van der Waals surface area contributed by atoms with Crippen LogP contribution in [0.4, 0.5) is 5.69 Å². The number of nitrogens with zero attached hydrogens (tertiary/aromatic N) is 1. The van der Waals surface area contributed by atoms with Gasteiger partial charge < -0.3 is 4.90 Å². The standard InChI is InChI=1S/C19H19N/c1-2-18-14-13-17(16-9-5-3-6-10-16)15-20(18)19-11-7-4-8-12-19/h2-12,15,18H,1,13-14H2/t18-/m0/s1. The summed E-state index contributed by atoms with van der Waals surface area (Å²) in [5, 5.41) is 0. The number of para-hydroxylation sites is 1. The van der Waals surface area contributed by atoms with Gasteiger partial charge in [0.05, 0.1) is 6.04 Å². The van der Waals surface area contributed by atoms with Gasteiger partial charge in [-0.15, -0.1) is 6.58 Å². The first-order chi connectivity index (χ1) is 9.88. The molecule has 1 aliphatic rings. The summed E-state index contributed by atoms with van der Waals surface area (Å²) in [4.78, 5) is 2.33. The summed E-state index contributed by atoms with van der Waals surface area (Å²) in [5.74, 6) is 0. The molecule has 0 saturated carbocycles. The lowest BCUT2D eigenvalue weighted by molar-refractivity contribution is 0.688. The molecule has 0 aliphatic carbocycles. The molecule has 0 bridgehead atoms. The van der Waals surface area contributed by atoms with Gasteiger partial charge in [0.1, 0.15) is 0 Å². The van der Waals surface area contributed by atoms with Crippen LogP contribution in [0.1, 0.15) is 18.4 Å². The van der Waals surface area contributed by atoms with Crippen LogP contribution < -0.4 is 4.90 Å². The number of anilines is 1. The maximum atomic E-state index is 3.99. The highest BCUT2D eigenvalue weighted by Crippen LogP contribution is 2.31. The maximum absolute atomic E-state index is 3.99. The monoisotopic (exact) mass is 261 g/mol. The molecule has 20 heavy (non-hydrogen) atoms. The second-order valence-electron chi connectivity index (χ2n) is 5.10. The van der Waals surface area contributed by atoms with Crippen LogP contribution in [-0.4, -0.2) is 6.04 Å². The van der Waals surface area contributed by atoms with E-state index in [2.05, 4.69) is 78.3 Å². The first-order valence-corrected chi connectivity index (χ1v) is 7.10. The average molecular weight is 261 g/mol. The lowest BCUT2D eigenvalue weighted by Crippen LogP contribution is -2.32. The molecule has 0 fully saturated rings. The molecule has 0 amide bonds. The van der Waals surface area contributed by atoms with E-state index in [9.17, 15) is 0 Å². The van der Waals surface area contributed by atoms with Crippen LogP contribution >= 0.6 is 0 Å². The van der Waals surface area contributed by atoms with E-state index in [4.69, 9.17) is 0 Å². The van der Waals surface area contributed by atoms with Gasteiger partial charge in [-0.3, -0.25) is 0 Å². The van der Waals surface area contributed by atoms with Crippen molar-refractivity contribution in [3.8, 4) is 0 Å². The highest BCUT2D eigenvalue weighted by atomic mass is 15.1. The van der Waals surface area contributed by atoms with Gasteiger partial charge in [-0.2, -0.15) is 0 Å². The Kier molecular flexibility index (Phi) is 3.69. The number of allylic oxidation sites excluding steroid dienone is 1. The van der Waals surface area contributed by atoms with E-state index >= 15 is 0 Å². The quantitative estimate of drug-likeness (QED) is 0.712. The molecule has 0 saturated heterocycles. The van der Waals surface area contributed by atoms with Gasteiger partial charge in [0.25, 0.3) is 0 Å². The molecular formula is C19H19N. The van der Waals surface area contributed by atoms with Gasteiger partial charge in [-0.1, -0.05) is 54.6 Å². The SMILES string of the molecule is C=C[C@H]1CCC(c2ccccc2)=CN1c1ccccc1. The Morgan fingerprint density at radius 3 is 2.25 bits per heavy atom. The van der Waals surface area contributed by atoms with E-state index in [1.807, 2.05) is 6.08 Å². The third-order valence-corrected chi connectivity index (χ3v) is 3.83. The van der Waals surface area contributed by atoms with Gasteiger partial charge >= 0.3 is 0 Å². The summed E-state index contributed by atoms with van der Waals surface area (Å²) in [5.41, 5.74) is 3.94. The predicted molar refractivity (Wildman–Crippen MR) is 86.6 cm³/mol. The fourth-order valence-corrected chi connectivity index (χ4v) is 2.74. The number of benzene rings is 2. The predicted octanol–water partition coefficient (Wildman–Crippen LogP) is 4.88. The van der Waals surface area contributed by atoms with Gasteiger partial charge in [0.15, 0.2) is 0 Å². The van der Waals surface area contributed by atoms with E-state index in [1.54, 1.807) is 0 Å². The van der Waals surface area contributed by atoms with Crippen LogP contribution in [-0.2, 0) is 0 Å². The molecule has 0 aromatic heterocycles. The summed E-state index contributed by atoms with van der Waals surface area (Å²) >= 11 is 0. The maximum Gasteiger partial charge on any atom is 0.0517 e. The number of hydrogen-bond acceptors (Lipinski definition) is 1. The normalized spacial score (nSPS) is 18.5. The third-order valence-electron chi connectivity index (χ3n) is 3.83. The van der Waals surface area contributed by atoms with Crippen molar-refractivity contribution >= 4 is 11.3 Å². The van der Waals surface area contributed by atoms with Gasteiger partial charge in [0, 0.05) is 11.9 Å². The Balaban J connectivity index is 1.98. The fraction of sp³-hybridized carbons (Fsp3) is 0.158. The van der Waals surface area contributed by atoms with Crippen LogP contribution in [0.15, 0.2) is 79.5 Å². The zero-order chi connectivity index (χ0) is 13.8. The first kappa shape index (κ1) is 12.7. The van der Waals surface area contributed by atoms with Crippen molar-refractivity contribution in [2.24, 2.45) is 0 Å². The molecule has 1 aliphatic heterocycles. The number of hydrogen-bond donors (Lipinski definition) is 0. The van der Waals surface area contributed by atoms with E-state index in [-0.39, 0.29) is 0 Å². The molecule has 0 radical (unpaired) electrons. The van der Waals surface area contributed by atoms with Crippen molar-refractivity contribution < 1.29 is 0 Å². The van der Waals surface area contributed by atoms with E-state index in [0.29, 0.717) is 6.04 Å². The van der Waals surface area contributed by atoms with Gasteiger partial charge in [-0.05, 0) is 36.1 Å². The Morgan fingerprint density at radius 1 is 0.950 bits per heavy atom. The summed E-state index contributed by atoms with van der Waals surface area (Å²) in [7, 11) is 0. The molecule has 1 heteroatoms. The van der Waals surface area contributed by atoms with Crippen molar-refractivity contribution in [2.75, 3.05) is 4.90 Å². The summed E-state index contributed by atoms with van der Waals surface area (Å²) < 4.78 is 0. The van der Waals surface area contributed by atoms with Crippen molar-refractivity contribution in [1.82, 2.24) is 0 Å². The average Bonchev–Trinajstić information content (AvgIpc) is 2.56. The highest BCUT2D eigenvalue weighted by molar-refractivity contribution is 5.71. The molecule has 3 rings (SSSR count). The highest BCUT2D eigenvalue weighted by Gasteiger charge is 2.20. The first-order valence-electron chi connectivity index (χ1n) is 7.10. The zero-order valence-corrected chi connectivity index (χ0v) is 11.6. The topological polar surface area (TPSA) is 3.24 Å². The minimum absolute atomic E-state index is 0.380. The van der Waals surface area contributed by atoms with Crippen LogP contribution in [0.3, 0.4) is 0 Å². The Bertz CT molecular complexity index is 598. The lowest BCUT2D eigenvalue weighted by atomic mass is 9.94. The van der Waals surface area contributed by atoms with Gasteiger partial charge in [0.2, 0.25) is 0 Å². The molecular weight excluding hydrogens is 242 g/mol.